The van der Waals surface area contributed by atoms with Gasteiger partial charge in [-0.15, -0.1) is 0 Å². The third kappa shape index (κ3) is 4.91. The quantitative estimate of drug-likeness (QED) is 0.136. The van der Waals surface area contributed by atoms with Crippen LogP contribution >= 0.6 is 23.2 Å². The Morgan fingerprint density at radius 3 is 2.28 bits per heavy atom. The number of urea groups is 1. The average molecular weight is 530 g/mol. The number of nitrogens with zero attached hydrogens (tertiary/aromatic N) is 1. The highest BCUT2D eigenvalue weighted by molar-refractivity contribution is 6.36. The second-order valence-electron chi connectivity index (χ2n) is 8.10. The van der Waals surface area contributed by atoms with Gasteiger partial charge in [-0.3, -0.25) is 5.43 Å². The van der Waals surface area contributed by atoms with E-state index in [4.69, 9.17) is 38.5 Å². The monoisotopic (exact) mass is 529 g/mol. The lowest BCUT2D eigenvalue weighted by molar-refractivity contribution is 0.0484. The van der Waals surface area contributed by atoms with Crippen LogP contribution in [0.4, 0.5) is 10.5 Å². The Morgan fingerprint density at radius 1 is 1.08 bits per heavy atom. The molecule has 1 heterocycles. The number of carbonyl (C=O) groups excluding carboxylic acids is 1. The second kappa shape index (κ2) is 10.6. The molecule has 36 heavy (non-hydrogen) atoms. The highest BCUT2D eigenvalue weighted by Gasteiger charge is 2.48. The Labute approximate surface area is 218 Å². The number of fused-ring (bicyclic) bond motifs is 1. The number of methoxy groups -OCH3 is 2. The predicted molar refractivity (Wildman–Crippen MR) is 140 cm³/mol. The Morgan fingerprint density at radius 2 is 1.69 bits per heavy atom. The maximum absolute atomic E-state index is 12.3. The van der Waals surface area contributed by atoms with Crippen LogP contribution in [0.25, 0.3) is 0 Å². The van der Waals surface area contributed by atoms with Crippen LogP contribution in [0.5, 0.6) is 11.5 Å². The molecule has 6 N–H and O–H groups in total. The largest absolute Gasteiger partial charge is 0.497 e. The zero-order chi connectivity index (χ0) is 25.9. The Hall–Kier alpha value is -3.50. The van der Waals surface area contributed by atoms with Gasteiger partial charge in [0.05, 0.1) is 36.6 Å². The van der Waals surface area contributed by atoms with Crippen LogP contribution in [0.3, 0.4) is 0 Å². The van der Waals surface area contributed by atoms with Gasteiger partial charge < -0.3 is 19.9 Å². The number of anilines is 1. The molecule has 1 aliphatic rings. The fourth-order valence-electron chi connectivity index (χ4n) is 4.33. The molecule has 0 spiro atoms. The minimum Gasteiger partial charge on any atom is -0.497 e. The minimum atomic E-state index is -1.56. The molecule has 0 unspecified atom stereocenters. The molecule has 0 aliphatic carbocycles. The summed E-state index contributed by atoms with van der Waals surface area (Å²) in [7, 11) is 3.13. The highest BCUT2D eigenvalue weighted by atomic mass is 35.5. The van der Waals surface area contributed by atoms with Gasteiger partial charge in [-0.1, -0.05) is 35.3 Å². The van der Waals surface area contributed by atoms with Crippen LogP contribution in [0, 0.1) is 0 Å². The van der Waals surface area contributed by atoms with E-state index in [0.29, 0.717) is 49.6 Å². The maximum atomic E-state index is 12.3. The SMILES string of the molecule is COc1ccc(/C(=N\NC(=O)NN)[C@@H](c2ccc(OC)cc2)[C@]2(O)CNc3c(Cl)cc(Cl)cc32)cc1. The number of rotatable bonds is 7. The number of hydrazone groups is 1. The van der Waals surface area contributed by atoms with E-state index in [0.717, 1.165) is 0 Å². The molecule has 3 aromatic rings. The predicted octanol–water partition coefficient (Wildman–Crippen LogP) is 3.98. The lowest BCUT2D eigenvalue weighted by Gasteiger charge is -2.34. The van der Waals surface area contributed by atoms with Gasteiger partial charge in [-0.05, 0) is 59.7 Å². The van der Waals surface area contributed by atoms with Crippen LogP contribution < -0.4 is 31.5 Å². The zero-order valence-corrected chi connectivity index (χ0v) is 21.0. The number of β-amino-alcohol motifs (C(OH)–C–C–N with tert-alkyl or cyclic N) is 1. The van der Waals surface area contributed by atoms with Crippen LogP contribution in [-0.4, -0.2) is 37.6 Å². The molecule has 11 heteroatoms. The van der Waals surface area contributed by atoms with Crippen LogP contribution in [0.2, 0.25) is 10.0 Å². The Balaban J connectivity index is 1.95. The molecule has 1 aliphatic heterocycles. The van der Waals surface area contributed by atoms with Gasteiger partial charge in [0.1, 0.15) is 17.1 Å². The van der Waals surface area contributed by atoms with E-state index in [1.165, 1.54) is 0 Å². The molecule has 0 bridgehead atoms. The van der Waals surface area contributed by atoms with E-state index in [-0.39, 0.29) is 6.54 Å². The van der Waals surface area contributed by atoms with Crippen LogP contribution in [0.15, 0.2) is 65.8 Å². The minimum absolute atomic E-state index is 0.108. The summed E-state index contributed by atoms with van der Waals surface area (Å²) in [6.07, 6.45) is 0. The number of carbonyl (C=O) groups is 1. The number of ether oxygens (including phenoxy) is 2. The first-order valence-electron chi connectivity index (χ1n) is 10.9. The molecule has 0 saturated carbocycles. The van der Waals surface area contributed by atoms with Crippen LogP contribution in [-0.2, 0) is 5.60 Å². The van der Waals surface area contributed by atoms with Crippen molar-refractivity contribution in [1.29, 1.82) is 0 Å². The molecule has 4 rings (SSSR count). The fraction of sp³-hybridized carbons (Fsp3) is 0.200. The topological polar surface area (TPSA) is 130 Å². The molecule has 2 amide bonds. The summed E-state index contributed by atoms with van der Waals surface area (Å²) in [6.45, 7) is 0.108. The van der Waals surface area contributed by atoms with E-state index in [1.807, 2.05) is 17.6 Å². The summed E-state index contributed by atoms with van der Waals surface area (Å²) in [6, 6.07) is 16.9. The van der Waals surface area contributed by atoms with Crippen molar-refractivity contribution in [2.75, 3.05) is 26.1 Å². The van der Waals surface area contributed by atoms with Crippen molar-refractivity contribution in [3.8, 4) is 11.5 Å². The van der Waals surface area contributed by atoms with Gasteiger partial charge in [0, 0.05) is 17.1 Å². The molecule has 3 aromatic carbocycles. The molecule has 0 radical (unpaired) electrons. The molecule has 0 saturated heterocycles. The number of halogens is 2. The van der Waals surface area contributed by atoms with Gasteiger partial charge in [-0.2, -0.15) is 5.10 Å². The first-order chi connectivity index (χ1) is 17.3. The molecule has 0 aromatic heterocycles. The van der Waals surface area contributed by atoms with E-state index < -0.39 is 17.6 Å². The number of nitrogens with one attached hydrogen (secondary N) is 3. The summed E-state index contributed by atoms with van der Waals surface area (Å²) in [5.74, 6) is 5.73. The third-order valence-electron chi connectivity index (χ3n) is 6.05. The number of hydrogen-bond acceptors (Lipinski definition) is 7. The normalized spacial score (nSPS) is 17.6. The fourth-order valence-corrected chi connectivity index (χ4v) is 4.89. The summed E-state index contributed by atoms with van der Waals surface area (Å²) >= 11 is 12.8. The Bertz CT molecular complexity index is 1280. The summed E-state index contributed by atoms with van der Waals surface area (Å²) in [5, 5.41) is 20.7. The number of nitrogens with two attached hydrogens (primary N) is 1. The van der Waals surface area contributed by atoms with Gasteiger partial charge in [0.25, 0.3) is 0 Å². The van der Waals surface area contributed by atoms with E-state index in [2.05, 4.69) is 15.8 Å². The van der Waals surface area contributed by atoms with E-state index in [1.54, 1.807) is 62.8 Å². The van der Waals surface area contributed by atoms with E-state index in [9.17, 15) is 9.90 Å². The van der Waals surface area contributed by atoms with Crippen molar-refractivity contribution in [2.24, 2.45) is 10.9 Å². The zero-order valence-electron chi connectivity index (χ0n) is 19.5. The lowest BCUT2D eigenvalue weighted by Crippen LogP contribution is -2.42. The highest BCUT2D eigenvalue weighted by Crippen LogP contribution is 2.49. The van der Waals surface area contributed by atoms with E-state index >= 15 is 0 Å². The number of hydrazine groups is 1. The first-order valence-corrected chi connectivity index (χ1v) is 11.6. The first kappa shape index (κ1) is 25.6. The van der Waals surface area contributed by atoms with Crippen molar-refractivity contribution >= 4 is 40.6 Å². The molecule has 0 fully saturated rings. The summed E-state index contributed by atoms with van der Waals surface area (Å²) < 4.78 is 10.6. The van der Waals surface area contributed by atoms with Gasteiger partial charge in [0.2, 0.25) is 0 Å². The molecule has 2 atom stereocenters. The summed E-state index contributed by atoms with van der Waals surface area (Å²) in [4.78, 5) is 12.0. The smallest absolute Gasteiger partial charge is 0.349 e. The lowest BCUT2D eigenvalue weighted by atomic mass is 9.74. The molecule has 188 valence electrons. The summed E-state index contributed by atoms with van der Waals surface area (Å²) in [5.41, 5.74) is 5.60. The number of aliphatic hydroxyl groups is 1. The third-order valence-corrected chi connectivity index (χ3v) is 6.57. The van der Waals surface area contributed by atoms with Crippen molar-refractivity contribution in [2.45, 2.75) is 11.5 Å². The van der Waals surface area contributed by atoms with Gasteiger partial charge in [-0.25, -0.2) is 16.1 Å². The number of hydrogen-bond donors (Lipinski definition) is 5. The van der Waals surface area contributed by atoms with Gasteiger partial charge in [0.15, 0.2) is 0 Å². The molecular formula is C25H25Cl2N5O4. The van der Waals surface area contributed by atoms with Crippen LogP contribution in [0.1, 0.15) is 22.6 Å². The van der Waals surface area contributed by atoms with Crippen molar-refractivity contribution in [3.63, 3.8) is 0 Å². The van der Waals surface area contributed by atoms with Crippen molar-refractivity contribution < 1.29 is 19.4 Å². The average Bonchev–Trinajstić information content (AvgIpc) is 3.23. The van der Waals surface area contributed by atoms with Crippen molar-refractivity contribution in [3.05, 3.63) is 87.4 Å². The van der Waals surface area contributed by atoms with Gasteiger partial charge >= 0.3 is 6.03 Å². The second-order valence-corrected chi connectivity index (χ2v) is 8.95. The Kier molecular flexibility index (Phi) is 7.56. The maximum Gasteiger partial charge on any atom is 0.349 e. The number of amides is 2. The molecular weight excluding hydrogens is 505 g/mol. The molecule has 9 nitrogen and oxygen atoms in total. The number of benzene rings is 3. The van der Waals surface area contributed by atoms with Crippen molar-refractivity contribution in [1.82, 2.24) is 10.9 Å². The standard InChI is InChI=1S/C25H25Cl2N5O4/c1-35-17-7-3-14(4-8-17)21(25(34)13-29-23-19(25)11-16(26)12-20(23)27)22(31-32-24(33)30-28)15-5-9-18(36-2)10-6-15/h3-12,21,29,34H,13,28H2,1-2H3,(H2,30,32,33)/b31-22+/t21-,25+/m1/s1.